The molecule has 6 rings (SSSR count). The number of fused-ring (bicyclic) bond motifs is 1. The molecule has 1 fully saturated rings. The lowest BCUT2D eigenvalue weighted by Crippen LogP contribution is -2.28. The number of nitrogens with zero attached hydrogens (tertiary/aromatic N) is 2. The quantitative estimate of drug-likeness (QED) is 0.187. The molecule has 0 spiro atoms. The van der Waals surface area contributed by atoms with Crippen LogP contribution in [-0.2, 0) is 24.5 Å². The minimum Gasteiger partial charge on any atom is -0.488 e. The van der Waals surface area contributed by atoms with Crippen LogP contribution < -0.4 is 4.74 Å². The Balaban J connectivity index is 1.27. The fraction of sp³-hybridized carbons (Fsp3) is 0.0857. The predicted octanol–water partition coefficient (Wildman–Crippen LogP) is 8.09. The van der Waals surface area contributed by atoms with Gasteiger partial charge in [0.25, 0.3) is 5.91 Å². The molecule has 40 heavy (non-hydrogen) atoms. The van der Waals surface area contributed by atoms with Crippen molar-refractivity contribution in [3.63, 3.8) is 0 Å². The molecular formula is C35H28N2O2S. The van der Waals surface area contributed by atoms with E-state index in [4.69, 9.17) is 9.73 Å². The summed E-state index contributed by atoms with van der Waals surface area (Å²) in [7, 11) is 0. The fourth-order valence-corrected chi connectivity index (χ4v) is 5.69. The van der Waals surface area contributed by atoms with E-state index in [1.807, 2.05) is 103 Å². The summed E-state index contributed by atoms with van der Waals surface area (Å²) in [6, 6.07) is 42.6. The van der Waals surface area contributed by atoms with Gasteiger partial charge in [-0.1, -0.05) is 121 Å². The molecule has 196 valence electrons. The van der Waals surface area contributed by atoms with Crippen molar-refractivity contribution >= 4 is 39.7 Å². The highest BCUT2D eigenvalue weighted by Gasteiger charge is 2.33. The first-order chi connectivity index (χ1) is 19.7. The van der Waals surface area contributed by atoms with Gasteiger partial charge in [-0.3, -0.25) is 14.7 Å². The fourth-order valence-electron chi connectivity index (χ4n) is 4.72. The highest BCUT2D eigenvalue weighted by Crippen LogP contribution is 2.35. The standard InChI is InChI=1S/C35H28N2O2S/c38-34-33(40-35(36-23-26-12-3-1-4-13-26)37(34)24-27-14-5-2-6-15-27)22-29-17-8-10-21-32(29)39-25-30-19-11-18-28-16-7-9-20-31(28)30/h1-22H,23-25H2/b33-22+,36-35?. The summed E-state index contributed by atoms with van der Waals surface area (Å²) in [5.41, 5.74) is 4.15. The van der Waals surface area contributed by atoms with Gasteiger partial charge >= 0.3 is 0 Å². The van der Waals surface area contributed by atoms with E-state index in [9.17, 15) is 4.79 Å². The maximum atomic E-state index is 13.7. The number of hydrogen-bond donors (Lipinski definition) is 0. The number of thioether (sulfide) groups is 1. The van der Waals surface area contributed by atoms with Crippen LogP contribution in [0.4, 0.5) is 0 Å². The smallest absolute Gasteiger partial charge is 0.267 e. The Morgan fingerprint density at radius 1 is 0.725 bits per heavy atom. The molecule has 5 aromatic rings. The first-order valence-corrected chi connectivity index (χ1v) is 14.1. The molecule has 0 saturated carbocycles. The van der Waals surface area contributed by atoms with Gasteiger partial charge in [0.1, 0.15) is 12.4 Å². The van der Waals surface area contributed by atoms with E-state index in [1.54, 1.807) is 4.90 Å². The van der Waals surface area contributed by atoms with Gasteiger partial charge in [0.05, 0.1) is 18.0 Å². The zero-order chi connectivity index (χ0) is 27.1. The predicted molar refractivity (Wildman–Crippen MR) is 165 cm³/mol. The molecule has 4 nitrogen and oxygen atoms in total. The number of para-hydroxylation sites is 1. The van der Waals surface area contributed by atoms with Crippen molar-refractivity contribution < 1.29 is 9.53 Å². The Bertz CT molecular complexity index is 1690. The van der Waals surface area contributed by atoms with Gasteiger partial charge in [0, 0.05) is 5.56 Å². The second-order valence-electron chi connectivity index (χ2n) is 9.54. The maximum Gasteiger partial charge on any atom is 0.267 e. The van der Waals surface area contributed by atoms with E-state index in [0.29, 0.717) is 29.8 Å². The number of amidine groups is 1. The molecule has 5 aromatic carbocycles. The lowest BCUT2D eigenvalue weighted by Gasteiger charge is -2.15. The summed E-state index contributed by atoms with van der Waals surface area (Å²) < 4.78 is 6.32. The number of aliphatic imine (C=N–C) groups is 1. The monoisotopic (exact) mass is 540 g/mol. The van der Waals surface area contributed by atoms with Gasteiger partial charge in [0.2, 0.25) is 0 Å². The Hall–Kier alpha value is -4.61. The van der Waals surface area contributed by atoms with Crippen molar-refractivity contribution in [2.45, 2.75) is 19.7 Å². The van der Waals surface area contributed by atoms with Crippen LogP contribution in [0.3, 0.4) is 0 Å². The summed E-state index contributed by atoms with van der Waals surface area (Å²) >= 11 is 1.42. The van der Waals surface area contributed by atoms with Crippen LogP contribution in [0.15, 0.2) is 137 Å². The van der Waals surface area contributed by atoms with Crippen molar-refractivity contribution in [1.29, 1.82) is 0 Å². The zero-order valence-electron chi connectivity index (χ0n) is 21.9. The lowest BCUT2D eigenvalue weighted by atomic mass is 10.1. The Labute approximate surface area is 238 Å². The van der Waals surface area contributed by atoms with Gasteiger partial charge in [-0.2, -0.15) is 0 Å². The molecule has 1 heterocycles. The summed E-state index contributed by atoms with van der Waals surface area (Å²) in [4.78, 5) is 20.9. The van der Waals surface area contributed by atoms with E-state index in [-0.39, 0.29) is 5.91 Å². The minimum atomic E-state index is -0.0514. The van der Waals surface area contributed by atoms with Crippen LogP contribution in [-0.4, -0.2) is 16.0 Å². The molecule has 0 N–H and O–H groups in total. The molecule has 0 unspecified atom stereocenters. The van der Waals surface area contributed by atoms with Crippen LogP contribution in [0.1, 0.15) is 22.3 Å². The number of hydrogen-bond acceptors (Lipinski definition) is 4. The number of ether oxygens (including phenoxy) is 1. The van der Waals surface area contributed by atoms with Gasteiger partial charge in [-0.25, -0.2) is 0 Å². The third-order valence-electron chi connectivity index (χ3n) is 6.78. The van der Waals surface area contributed by atoms with Crippen LogP contribution in [0.5, 0.6) is 5.75 Å². The second kappa shape index (κ2) is 12.1. The molecule has 0 aromatic heterocycles. The first-order valence-electron chi connectivity index (χ1n) is 13.3. The van der Waals surface area contributed by atoms with Gasteiger partial charge in [-0.05, 0) is 51.4 Å². The van der Waals surface area contributed by atoms with Crippen molar-refractivity contribution in [2.24, 2.45) is 4.99 Å². The highest BCUT2D eigenvalue weighted by atomic mass is 32.2. The first kappa shape index (κ1) is 25.7. The highest BCUT2D eigenvalue weighted by molar-refractivity contribution is 8.18. The topological polar surface area (TPSA) is 41.9 Å². The zero-order valence-corrected chi connectivity index (χ0v) is 22.8. The largest absolute Gasteiger partial charge is 0.488 e. The number of rotatable bonds is 8. The van der Waals surface area contributed by atoms with E-state index in [1.165, 1.54) is 22.5 Å². The van der Waals surface area contributed by atoms with Crippen LogP contribution in [0.25, 0.3) is 16.8 Å². The van der Waals surface area contributed by atoms with Crippen LogP contribution in [0.2, 0.25) is 0 Å². The average molecular weight is 541 g/mol. The summed E-state index contributed by atoms with van der Waals surface area (Å²) in [6.07, 6.45) is 1.93. The molecule has 0 aliphatic carbocycles. The molecule has 1 aliphatic heterocycles. The van der Waals surface area contributed by atoms with Crippen LogP contribution >= 0.6 is 11.8 Å². The minimum absolute atomic E-state index is 0.0514. The average Bonchev–Trinajstić information content (AvgIpc) is 3.30. The Morgan fingerprint density at radius 3 is 2.23 bits per heavy atom. The van der Waals surface area contributed by atoms with Crippen molar-refractivity contribution in [3.8, 4) is 5.75 Å². The van der Waals surface area contributed by atoms with Gasteiger partial charge in [-0.15, -0.1) is 0 Å². The van der Waals surface area contributed by atoms with Crippen LogP contribution in [0, 0.1) is 0 Å². The molecule has 1 amide bonds. The van der Waals surface area contributed by atoms with E-state index < -0.39 is 0 Å². The van der Waals surface area contributed by atoms with Crippen molar-refractivity contribution in [3.05, 3.63) is 155 Å². The summed E-state index contributed by atoms with van der Waals surface area (Å²) in [6.45, 7) is 1.42. The third-order valence-corrected chi connectivity index (χ3v) is 7.82. The van der Waals surface area contributed by atoms with Crippen molar-refractivity contribution in [1.82, 2.24) is 4.90 Å². The molecule has 0 atom stereocenters. The third kappa shape index (κ3) is 5.85. The lowest BCUT2D eigenvalue weighted by molar-refractivity contribution is -0.122. The van der Waals surface area contributed by atoms with E-state index in [0.717, 1.165) is 28.0 Å². The Morgan fingerprint density at radius 2 is 1.40 bits per heavy atom. The number of benzene rings is 5. The number of carbonyl (C=O) groups excluding carboxylic acids is 1. The Kier molecular flexibility index (Phi) is 7.73. The molecular weight excluding hydrogens is 512 g/mol. The van der Waals surface area contributed by atoms with Gasteiger partial charge < -0.3 is 4.74 Å². The number of carbonyl (C=O) groups is 1. The second-order valence-corrected chi connectivity index (χ2v) is 10.5. The summed E-state index contributed by atoms with van der Waals surface area (Å²) in [5.74, 6) is 0.685. The molecule has 5 heteroatoms. The molecule has 1 aliphatic rings. The molecule has 0 bridgehead atoms. The van der Waals surface area contributed by atoms with E-state index >= 15 is 0 Å². The number of amides is 1. The normalized spacial score (nSPS) is 15.3. The summed E-state index contributed by atoms with van der Waals surface area (Å²) in [5, 5.41) is 3.07. The maximum absolute atomic E-state index is 13.7. The van der Waals surface area contributed by atoms with E-state index in [2.05, 4.69) is 30.3 Å². The molecule has 1 saturated heterocycles. The van der Waals surface area contributed by atoms with Crippen molar-refractivity contribution in [2.75, 3.05) is 0 Å². The molecule has 0 radical (unpaired) electrons. The SMILES string of the molecule is O=C1/C(=C\c2ccccc2OCc2cccc3ccccc23)SC(=NCc2ccccc2)N1Cc1ccccc1. The van der Waals surface area contributed by atoms with Gasteiger partial charge in [0.15, 0.2) is 5.17 Å².